The van der Waals surface area contributed by atoms with Crippen molar-refractivity contribution < 1.29 is 4.39 Å². The third-order valence-electron chi connectivity index (χ3n) is 3.84. The molecule has 1 heterocycles. The van der Waals surface area contributed by atoms with Gasteiger partial charge in [0.15, 0.2) is 0 Å². The molecule has 4 heteroatoms. The number of hydrogen-bond donors (Lipinski definition) is 0. The van der Waals surface area contributed by atoms with Crippen LogP contribution in [0.3, 0.4) is 0 Å². The van der Waals surface area contributed by atoms with Gasteiger partial charge in [0, 0.05) is 31.9 Å². The SMILES string of the molecule is N#Cc1ccc(N2CCN(CCCCCF)CC2)cc1. The van der Waals surface area contributed by atoms with Crippen LogP contribution in [0, 0.1) is 11.3 Å². The number of anilines is 1. The zero-order valence-electron chi connectivity index (χ0n) is 11.9. The van der Waals surface area contributed by atoms with Gasteiger partial charge in [0.1, 0.15) is 0 Å². The molecule has 0 spiro atoms. The predicted molar refractivity (Wildman–Crippen MR) is 79.6 cm³/mol. The third-order valence-corrected chi connectivity index (χ3v) is 3.84. The summed E-state index contributed by atoms with van der Waals surface area (Å²) in [5, 5.41) is 8.80. The number of nitrogens with zero attached hydrogens (tertiary/aromatic N) is 3. The van der Waals surface area contributed by atoms with Crippen LogP contribution in [0.4, 0.5) is 10.1 Å². The smallest absolute Gasteiger partial charge is 0.0991 e. The molecule has 1 aromatic rings. The summed E-state index contributed by atoms with van der Waals surface area (Å²) >= 11 is 0. The van der Waals surface area contributed by atoms with Crippen molar-refractivity contribution in [1.29, 1.82) is 5.26 Å². The molecule has 1 aliphatic rings. The normalized spacial score (nSPS) is 16.1. The first-order valence-corrected chi connectivity index (χ1v) is 7.37. The van der Waals surface area contributed by atoms with Crippen LogP contribution in [0.1, 0.15) is 24.8 Å². The molecule has 1 aromatic carbocycles. The summed E-state index contributed by atoms with van der Waals surface area (Å²) in [4.78, 5) is 4.82. The lowest BCUT2D eigenvalue weighted by atomic mass is 10.2. The second kappa shape index (κ2) is 7.86. The first-order chi connectivity index (χ1) is 9.83. The number of benzene rings is 1. The van der Waals surface area contributed by atoms with Crippen LogP contribution in [-0.4, -0.2) is 44.3 Å². The van der Waals surface area contributed by atoms with E-state index in [0.29, 0.717) is 12.0 Å². The largest absolute Gasteiger partial charge is 0.369 e. The Morgan fingerprint density at radius 3 is 2.30 bits per heavy atom. The molecular formula is C16H22FN3. The van der Waals surface area contributed by atoms with Crippen molar-refractivity contribution in [3.63, 3.8) is 0 Å². The number of halogens is 1. The fourth-order valence-electron chi connectivity index (χ4n) is 2.58. The summed E-state index contributed by atoms with van der Waals surface area (Å²) in [7, 11) is 0. The number of hydrogen-bond acceptors (Lipinski definition) is 3. The fraction of sp³-hybridized carbons (Fsp3) is 0.562. The van der Waals surface area contributed by atoms with Crippen molar-refractivity contribution in [2.75, 3.05) is 44.3 Å². The highest BCUT2D eigenvalue weighted by atomic mass is 19.1. The Balaban J connectivity index is 1.74. The minimum absolute atomic E-state index is 0.188. The Morgan fingerprint density at radius 1 is 1.00 bits per heavy atom. The van der Waals surface area contributed by atoms with Crippen LogP contribution in [0.5, 0.6) is 0 Å². The van der Waals surface area contributed by atoms with Crippen molar-refractivity contribution in [3.8, 4) is 6.07 Å². The number of piperazine rings is 1. The lowest BCUT2D eigenvalue weighted by Gasteiger charge is -2.36. The highest BCUT2D eigenvalue weighted by molar-refractivity contribution is 5.50. The quantitative estimate of drug-likeness (QED) is 0.748. The van der Waals surface area contributed by atoms with E-state index < -0.39 is 0 Å². The van der Waals surface area contributed by atoms with Crippen LogP contribution in [0.15, 0.2) is 24.3 Å². The zero-order chi connectivity index (χ0) is 14.2. The molecule has 3 nitrogen and oxygen atoms in total. The van der Waals surface area contributed by atoms with Gasteiger partial charge in [-0.3, -0.25) is 9.29 Å². The van der Waals surface area contributed by atoms with Gasteiger partial charge < -0.3 is 4.90 Å². The maximum atomic E-state index is 12.0. The second-order valence-electron chi connectivity index (χ2n) is 5.24. The van der Waals surface area contributed by atoms with Gasteiger partial charge in [-0.2, -0.15) is 5.26 Å². The van der Waals surface area contributed by atoms with Gasteiger partial charge in [0.25, 0.3) is 0 Å². The molecule has 108 valence electrons. The molecule has 20 heavy (non-hydrogen) atoms. The Hall–Kier alpha value is -1.60. The van der Waals surface area contributed by atoms with Gasteiger partial charge in [0.05, 0.1) is 18.3 Å². The highest BCUT2D eigenvalue weighted by Crippen LogP contribution is 2.17. The minimum atomic E-state index is -0.188. The second-order valence-corrected chi connectivity index (χ2v) is 5.24. The molecule has 0 amide bonds. The van der Waals surface area contributed by atoms with Gasteiger partial charge >= 0.3 is 0 Å². The van der Waals surface area contributed by atoms with E-state index >= 15 is 0 Å². The van der Waals surface area contributed by atoms with Gasteiger partial charge in [0.2, 0.25) is 0 Å². The Kier molecular flexibility index (Phi) is 5.82. The summed E-state index contributed by atoms with van der Waals surface area (Å²) in [6.45, 7) is 5.07. The highest BCUT2D eigenvalue weighted by Gasteiger charge is 2.16. The van der Waals surface area contributed by atoms with Gasteiger partial charge in [-0.05, 0) is 50.1 Å². The fourth-order valence-corrected chi connectivity index (χ4v) is 2.58. The molecule has 1 aliphatic heterocycles. The summed E-state index contributed by atoms with van der Waals surface area (Å²) in [5.41, 5.74) is 1.90. The molecule has 0 bridgehead atoms. The zero-order valence-corrected chi connectivity index (χ0v) is 11.9. The van der Waals surface area contributed by atoms with E-state index in [1.165, 1.54) is 5.69 Å². The van der Waals surface area contributed by atoms with Crippen molar-refractivity contribution in [2.45, 2.75) is 19.3 Å². The molecule has 0 N–H and O–H groups in total. The van der Waals surface area contributed by atoms with Crippen molar-refractivity contribution in [1.82, 2.24) is 4.90 Å². The summed E-state index contributed by atoms with van der Waals surface area (Å²) in [5.74, 6) is 0. The van der Waals surface area contributed by atoms with E-state index in [0.717, 1.165) is 45.6 Å². The first-order valence-electron chi connectivity index (χ1n) is 7.37. The third kappa shape index (κ3) is 4.21. The van der Waals surface area contributed by atoms with Gasteiger partial charge in [-0.25, -0.2) is 0 Å². The average Bonchev–Trinajstić information content (AvgIpc) is 2.52. The Morgan fingerprint density at radius 2 is 1.70 bits per heavy atom. The molecular weight excluding hydrogens is 253 g/mol. The van der Waals surface area contributed by atoms with E-state index in [1.54, 1.807) is 0 Å². The molecule has 0 unspecified atom stereocenters. The monoisotopic (exact) mass is 275 g/mol. The van der Waals surface area contributed by atoms with E-state index in [4.69, 9.17) is 5.26 Å². The predicted octanol–water partition coefficient (Wildman–Crippen LogP) is 2.82. The summed E-state index contributed by atoms with van der Waals surface area (Å²) in [6.07, 6.45) is 2.79. The molecule has 2 rings (SSSR count). The lowest BCUT2D eigenvalue weighted by molar-refractivity contribution is 0.251. The number of rotatable bonds is 6. The molecule has 0 aliphatic carbocycles. The van der Waals surface area contributed by atoms with Crippen LogP contribution < -0.4 is 4.90 Å². The van der Waals surface area contributed by atoms with E-state index in [-0.39, 0.29) is 6.67 Å². The topological polar surface area (TPSA) is 30.3 Å². The summed E-state index contributed by atoms with van der Waals surface area (Å²) < 4.78 is 12.0. The van der Waals surface area contributed by atoms with E-state index in [2.05, 4.69) is 15.9 Å². The van der Waals surface area contributed by atoms with E-state index in [9.17, 15) is 4.39 Å². The summed E-state index contributed by atoms with van der Waals surface area (Å²) in [6, 6.07) is 9.94. The Bertz CT molecular complexity index is 430. The molecule has 1 saturated heterocycles. The van der Waals surface area contributed by atoms with Crippen molar-refractivity contribution in [2.24, 2.45) is 0 Å². The maximum absolute atomic E-state index is 12.0. The first kappa shape index (κ1) is 14.8. The van der Waals surface area contributed by atoms with Crippen molar-refractivity contribution >= 4 is 5.69 Å². The molecule has 0 radical (unpaired) electrons. The minimum Gasteiger partial charge on any atom is -0.369 e. The molecule has 0 aromatic heterocycles. The standard InChI is InChI=1S/C16H22FN3/c17-8-2-1-3-9-19-10-12-20(13-11-19)16-6-4-15(14-18)5-7-16/h4-7H,1-3,8-13H2. The average molecular weight is 275 g/mol. The molecule has 1 fully saturated rings. The Labute approximate surface area is 120 Å². The number of alkyl halides is 1. The van der Waals surface area contributed by atoms with Gasteiger partial charge in [-0.1, -0.05) is 0 Å². The maximum Gasteiger partial charge on any atom is 0.0991 e. The van der Waals surface area contributed by atoms with E-state index in [1.807, 2.05) is 24.3 Å². The van der Waals surface area contributed by atoms with Crippen LogP contribution in [-0.2, 0) is 0 Å². The molecule has 0 atom stereocenters. The molecule has 0 saturated carbocycles. The number of nitriles is 1. The lowest BCUT2D eigenvalue weighted by Crippen LogP contribution is -2.46. The van der Waals surface area contributed by atoms with Gasteiger partial charge in [-0.15, -0.1) is 0 Å². The van der Waals surface area contributed by atoms with Crippen LogP contribution >= 0.6 is 0 Å². The number of unbranched alkanes of at least 4 members (excludes halogenated alkanes) is 2. The van der Waals surface area contributed by atoms with Crippen molar-refractivity contribution in [3.05, 3.63) is 29.8 Å². The van der Waals surface area contributed by atoms with Crippen LogP contribution in [0.2, 0.25) is 0 Å². The van der Waals surface area contributed by atoms with Crippen LogP contribution in [0.25, 0.3) is 0 Å².